The molecule has 3 N–H and O–H groups in total. The van der Waals surface area contributed by atoms with Crippen molar-refractivity contribution in [1.82, 2.24) is 15.0 Å². The van der Waals surface area contributed by atoms with Crippen LogP contribution in [-0.4, -0.2) is 48.2 Å². The van der Waals surface area contributed by atoms with E-state index in [0.29, 0.717) is 43.1 Å². The Bertz CT molecular complexity index is 1350. The van der Waals surface area contributed by atoms with Crippen LogP contribution in [0.15, 0.2) is 60.7 Å². The Hall–Kier alpha value is -4.08. The molecule has 0 amide bonds. The van der Waals surface area contributed by atoms with Crippen molar-refractivity contribution in [3.63, 3.8) is 0 Å². The maximum absolute atomic E-state index is 14.2. The number of aromatic nitrogens is 3. The Kier molecular flexibility index (Phi) is 5.80. The van der Waals surface area contributed by atoms with Gasteiger partial charge in [0.1, 0.15) is 5.82 Å². The number of benzene rings is 2. The van der Waals surface area contributed by atoms with Gasteiger partial charge < -0.3 is 20.9 Å². The van der Waals surface area contributed by atoms with Gasteiger partial charge in [-0.15, -0.1) is 0 Å². The molecule has 2 aromatic heterocycles. The van der Waals surface area contributed by atoms with E-state index in [-0.39, 0.29) is 22.9 Å². The number of alkyl halides is 3. The normalized spacial score (nSPS) is 14.4. The van der Waals surface area contributed by atoms with Crippen molar-refractivity contribution in [3.05, 3.63) is 66.2 Å². The summed E-state index contributed by atoms with van der Waals surface area (Å²) in [5.41, 5.74) is 7.12. The fourth-order valence-corrected chi connectivity index (χ4v) is 4.51. The average molecular weight is 480 g/mol. The lowest BCUT2D eigenvalue weighted by Crippen LogP contribution is -2.46. The Labute approximate surface area is 200 Å². The molecule has 10 heteroatoms. The molecule has 1 fully saturated rings. The third-order valence-electron chi connectivity index (χ3n) is 6.16. The molecule has 4 aromatic rings. The number of halogens is 3. The number of para-hydroxylation sites is 1. The number of fused-ring (bicyclic) bond motifs is 1. The van der Waals surface area contributed by atoms with Crippen LogP contribution in [0.1, 0.15) is 5.56 Å². The summed E-state index contributed by atoms with van der Waals surface area (Å²) < 4.78 is 42.5. The molecule has 0 bridgehead atoms. The van der Waals surface area contributed by atoms with E-state index in [9.17, 15) is 13.2 Å². The Morgan fingerprint density at radius 3 is 2.23 bits per heavy atom. The molecule has 7 nitrogen and oxygen atoms in total. The highest BCUT2D eigenvalue weighted by Gasteiger charge is 2.36. The fraction of sp³-hybridized carbons (Fsp3) is 0.240. The molecule has 0 spiro atoms. The van der Waals surface area contributed by atoms with Crippen LogP contribution in [0.5, 0.6) is 0 Å². The smallest absolute Gasteiger partial charge is 0.372 e. The average Bonchev–Trinajstić information content (AvgIpc) is 2.87. The van der Waals surface area contributed by atoms with Gasteiger partial charge in [-0.3, -0.25) is 0 Å². The second kappa shape index (κ2) is 8.94. The van der Waals surface area contributed by atoms with Crippen molar-refractivity contribution >= 4 is 34.2 Å². The lowest BCUT2D eigenvalue weighted by Gasteiger charge is -2.38. The quantitative estimate of drug-likeness (QED) is 0.440. The van der Waals surface area contributed by atoms with Crippen molar-refractivity contribution in [3.8, 4) is 11.3 Å². The first-order valence-electron chi connectivity index (χ1n) is 11.2. The van der Waals surface area contributed by atoms with Gasteiger partial charge in [-0.1, -0.05) is 24.3 Å². The Morgan fingerprint density at radius 1 is 0.829 bits per heavy atom. The van der Waals surface area contributed by atoms with E-state index in [1.165, 1.54) is 6.07 Å². The van der Waals surface area contributed by atoms with E-state index in [0.717, 1.165) is 11.8 Å². The van der Waals surface area contributed by atoms with Crippen molar-refractivity contribution in [2.24, 2.45) is 0 Å². The number of hydrogen-bond acceptors (Lipinski definition) is 7. The van der Waals surface area contributed by atoms with Gasteiger partial charge in [0, 0.05) is 50.2 Å². The summed E-state index contributed by atoms with van der Waals surface area (Å²) in [7, 11) is 1.68. The first-order chi connectivity index (χ1) is 16.8. The van der Waals surface area contributed by atoms with Crippen molar-refractivity contribution in [1.29, 1.82) is 0 Å². The van der Waals surface area contributed by atoms with Crippen molar-refractivity contribution < 1.29 is 13.2 Å². The monoisotopic (exact) mass is 479 g/mol. The summed E-state index contributed by atoms with van der Waals surface area (Å²) in [6.07, 6.45) is -4.55. The number of piperazine rings is 1. The molecule has 1 aliphatic rings. The zero-order valence-electron chi connectivity index (χ0n) is 19.0. The maximum atomic E-state index is 14.2. The molecule has 3 heterocycles. The standard InChI is InChI=1S/C25H24F3N7/c1-30-22-17-10-11-19(31-23(17)33-24(29)32-22)21-18(25(26,27)28)8-5-9-20(21)35-14-12-34(13-15-35)16-6-3-2-4-7-16/h2-11H,12-15H2,1H3,(H3,29,30,31,32,33). The Balaban J connectivity index is 1.57. The predicted molar refractivity (Wildman–Crippen MR) is 133 cm³/mol. The van der Waals surface area contributed by atoms with Crippen LogP contribution in [-0.2, 0) is 6.18 Å². The number of anilines is 4. The second-order valence-corrected chi connectivity index (χ2v) is 8.26. The summed E-state index contributed by atoms with van der Waals surface area (Å²) in [5, 5.41) is 3.50. The predicted octanol–water partition coefficient (Wildman–Crippen LogP) is 4.66. The zero-order valence-corrected chi connectivity index (χ0v) is 19.0. The Morgan fingerprint density at radius 2 is 1.54 bits per heavy atom. The number of hydrogen-bond donors (Lipinski definition) is 2. The summed E-state index contributed by atoms with van der Waals surface area (Å²) in [4.78, 5) is 17.0. The summed E-state index contributed by atoms with van der Waals surface area (Å²) in [6, 6.07) is 17.5. The number of nitrogen functional groups attached to an aromatic ring is 1. The molecule has 1 aliphatic heterocycles. The van der Waals surface area contributed by atoms with Crippen LogP contribution in [0, 0.1) is 0 Å². The van der Waals surface area contributed by atoms with Crippen LogP contribution >= 0.6 is 0 Å². The summed E-state index contributed by atoms with van der Waals surface area (Å²) >= 11 is 0. The minimum atomic E-state index is -4.55. The van der Waals surface area contributed by atoms with E-state index in [4.69, 9.17) is 5.73 Å². The SMILES string of the molecule is CNc1nc(N)nc2nc(-c3c(N4CCN(c5ccccc5)CC4)cccc3C(F)(F)F)ccc12. The molecule has 0 unspecified atom stereocenters. The first kappa shape index (κ1) is 22.7. The van der Waals surface area contributed by atoms with Crippen molar-refractivity contribution in [2.75, 3.05) is 54.1 Å². The topological polar surface area (TPSA) is 83.2 Å². The molecular weight excluding hydrogens is 455 g/mol. The maximum Gasteiger partial charge on any atom is 0.417 e. The lowest BCUT2D eigenvalue weighted by atomic mass is 9.99. The molecule has 5 rings (SSSR count). The van der Waals surface area contributed by atoms with E-state index in [1.54, 1.807) is 25.2 Å². The summed E-state index contributed by atoms with van der Waals surface area (Å²) in [5.74, 6) is 0.459. The van der Waals surface area contributed by atoms with Gasteiger partial charge in [0.15, 0.2) is 5.65 Å². The highest BCUT2D eigenvalue weighted by atomic mass is 19.4. The molecule has 180 valence electrons. The van der Waals surface area contributed by atoms with Gasteiger partial charge in [0.2, 0.25) is 5.95 Å². The molecule has 0 saturated carbocycles. The van der Waals surface area contributed by atoms with Crippen LogP contribution in [0.4, 0.5) is 36.3 Å². The third-order valence-corrected chi connectivity index (χ3v) is 6.16. The number of rotatable bonds is 4. The van der Waals surface area contributed by atoms with Crippen molar-refractivity contribution in [2.45, 2.75) is 6.18 Å². The van der Waals surface area contributed by atoms with E-state index in [2.05, 4.69) is 25.2 Å². The van der Waals surface area contributed by atoms with Crippen LogP contribution in [0.2, 0.25) is 0 Å². The third kappa shape index (κ3) is 4.39. The molecule has 35 heavy (non-hydrogen) atoms. The van der Waals surface area contributed by atoms with Gasteiger partial charge in [-0.05, 0) is 36.4 Å². The highest BCUT2D eigenvalue weighted by Crippen LogP contribution is 2.42. The number of pyridine rings is 1. The van der Waals surface area contributed by atoms with Gasteiger partial charge in [-0.25, -0.2) is 4.98 Å². The van der Waals surface area contributed by atoms with Crippen LogP contribution < -0.4 is 20.9 Å². The van der Waals surface area contributed by atoms with E-state index < -0.39 is 11.7 Å². The van der Waals surface area contributed by atoms with Crippen LogP contribution in [0.25, 0.3) is 22.3 Å². The molecular formula is C25H24F3N7. The largest absolute Gasteiger partial charge is 0.417 e. The first-order valence-corrected chi connectivity index (χ1v) is 11.2. The van der Waals surface area contributed by atoms with Gasteiger partial charge in [0.25, 0.3) is 0 Å². The zero-order chi connectivity index (χ0) is 24.6. The number of nitrogens with zero attached hydrogens (tertiary/aromatic N) is 5. The molecule has 0 aliphatic carbocycles. The summed E-state index contributed by atoms with van der Waals surface area (Å²) in [6.45, 7) is 2.55. The van der Waals surface area contributed by atoms with Gasteiger partial charge in [-0.2, -0.15) is 23.1 Å². The molecule has 2 aromatic carbocycles. The lowest BCUT2D eigenvalue weighted by molar-refractivity contribution is -0.137. The molecule has 0 atom stereocenters. The van der Waals surface area contributed by atoms with Gasteiger partial charge in [0.05, 0.1) is 16.6 Å². The minimum Gasteiger partial charge on any atom is -0.372 e. The second-order valence-electron chi connectivity index (χ2n) is 8.26. The van der Waals surface area contributed by atoms with Gasteiger partial charge >= 0.3 is 6.18 Å². The molecule has 1 saturated heterocycles. The number of nitrogens with one attached hydrogen (secondary N) is 1. The minimum absolute atomic E-state index is 0.00661. The molecule has 0 radical (unpaired) electrons. The number of nitrogens with two attached hydrogens (primary N) is 1. The van der Waals surface area contributed by atoms with E-state index >= 15 is 0 Å². The highest BCUT2D eigenvalue weighted by molar-refractivity contribution is 5.91. The fourth-order valence-electron chi connectivity index (χ4n) is 4.51. The van der Waals surface area contributed by atoms with Crippen LogP contribution in [0.3, 0.4) is 0 Å². The van der Waals surface area contributed by atoms with E-state index in [1.807, 2.05) is 35.2 Å².